The third-order valence-electron chi connectivity index (χ3n) is 12.2. The van der Waals surface area contributed by atoms with Crippen molar-refractivity contribution in [2.24, 2.45) is 40.4 Å². The first-order valence-corrected chi connectivity index (χ1v) is 15.3. The summed E-state index contributed by atoms with van der Waals surface area (Å²) in [5.74, 6) is 3.16. The molecule has 2 amide bonds. The van der Waals surface area contributed by atoms with Crippen LogP contribution in [-0.4, -0.2) is 41.8 Å². The molecule has 4 fully saturated rings. The van der Waals surface area contributed by atoms with Gasteiger partial charge in [0.15, 0.2) is 0 Å². The topological polar surface area (TPSA) is 40.6 Å². The molecule has 208 valence electrons. The molecule has 2 aromatic carbocycles. The molecule has 1 saturated heterocycles. The fraction of sp³-hybridized carbons (Fsp3) is 0.600. The Hall–Kier alpha value is -2.62. The Kier molecular flexibility index (Phi) is 6.67. The molecule has 0 aromatic heterocycles. The van der Waals surface area contributed by atoms with Crippen molar-refractivity contribution in [1.29, 1.82) is 0 Å². The Morgan fingerprint density at radius 2 is 1.49 bits per heavy atom. The van der Waals surface area contributed by atoms with Crippen molar-refractivity contribution in [2.75, 3.05) is 14.1 Å². The molecule has 4 aliphatic rings. The fourth-order valence-electron chi connectivity index (χ4n) is 10.2. The van der Waals surface area contributed by atoms with Gasteiger partial charge in [0.1, 0.15) is 0 Å². The SMILES string of the molecule is C[C@H]1CC2N(C)C(=O)CC[C@]2(C)C2CC[C@]3(C)C(C(=O)N(C)C(c4ccccc4)c4ccccc4)CCC3C21. The van der Waals surface area contributed by atoms with Crippen LogP contribution in [0.15, 0.2) is 60.7 Å². The number of rotatable bonds is 4. The highest BCUT2D eigenvalue weighted by atomic mass is 16.2. The molecule has 3 aliphatic carbocycles. The minimum atomic E-state index is -0.0810. The van der Waals surface area contributed by atoms with Gasteiger partial charge in [-0.3, -0.25) is 9.59 Å². The third kappa shape index (κ3) is 4.07. The molecule has 5 unspecified atom stereocenters. The maximum Gasteiger partial charge on any atom is 0.226 e. The monoisotopic (exact) mass is 526 g/mol. The normalized spacial score (nSPS) is 37.7. The highest BCUT2D eigenvalue weighted by Crippen LogP contribution is 2.67. The van der Waals surface area contributed by atoms with Crippen molar-refractivity contribution in [3.63, 3.8) is 0 Å². The lowest BCUT2D eigenvalue weighted by Crippen LogP contribution is -2.63. The molecule has 0 radical (unpaired) electrons. The molecule has 0 bridgehead atoms. The van der Waals surface area contributed by atoms with Crippen molar-refractivity contribution in [3.8, 4) is 0 Å². The second kappa shape index (κ2) is 9.78. The second-order valence-electron chi connectivity index (χ2n) is 13.9. The lowest BCUT2D eigenvalue weighted by molar-refractivity contribution is -0.169. The zero-order valence-electron chi connectivity index (χ0n) is 24.5. The van der Waals surface area contributed by atoms with Crippen molar-refractivity contribution in [1.82, 2.24) is 9.80 Å². The van der Waals surface area contributed by atoms with E-state index in [9.17, 15) is 9.59 Å². The first-order valence-electron chi connectivity index (χ1n) is 15.3. The van der Waals surface area contributed by atoms with Gasteiger partial charge in [0.25, 0.3) is 0 Å². The Morgan fingerprint density at radius 3 is 2.10 bits per heavy atom. The second-order valence-corrected chi connectivity index (χ2v) is 13.9. The smallest absolute Gasteiger partial charge is 0.226 e. The number of piperidine rings is 1. The van der Waals surface area contributed by atoms with Gasteiger partial charge in [0.05, 0.1) is 6.04 Å². The van der Waals surface area contributed by atoms with E-state index < -0.39 is 0 Å². The Bertz CT molecular complexity index is 1170. The lowest BCUT2D eigenvalue weighted by Gasteiger charge is -2.63. The molecule has 4 nitrogen and oxygen atoms in total. The summed E-state index contributed by atoms with van der Waals surface area (Å²) >= 11 is 0. The number of amides is 2. The van der Waals surface area contributed by atoms with E-state index in [1.165, 1.54) is 17.5 Å². The summed E-state index contributed by atoms with van der Waals surface area (Å²) in [6, 6.07) is 21.3. The van der Waals surface area contributed by atoms with Gasteiger partial charge >= 0.3 is 0 Å². The molecule has 1 heterocycles. The molecule has 1 aliphatic heterocycles. The number of nitrogens with zero attached hydrogens (tertiary/aromatic N) is 2. The molecular weight excluding hydrogens is 480 g/mol. The Balaban J connectivity index is 1.29. The van der Waals surface area contributed by atoms with Crippen LogP contribution >= 0.6 is 0 Å². The molecule has 8 atom stereocenters. The highest BCUT2D eigenvalue weighted by molar-refractivity contribution is 5.81. The first kappa shape index (κ1) is 26.6. The van der Waals surface area contributed by atoms with Gasteiger partial charge in [-0.25, -0.2) is 0 Å². The number of carbonyl (C=O) groups is 2. The zero-order valence-corrected chi connectivity index (χ0v) is 24.5. The molecule has 3 saturated carbocycles. The summed E-state index contributed by atoms with van der Waals surface area (Å²) in [4.78, 5) is 31.2. The minimum Gasteiger partial charge on any atom is -0.342 e. The van der Waals surface area contributed by atoms with Gasteiger partial charge in [-0.15, -0.1) is 0 Å². The van der Waals surface area contributed by atoms with E-state index in [0.717, 1.165) is 32.1 Å². The van der Waals surface area contributed by atoms with Crippen molar-refractivity contribution < 1.29 is 9.59 Å². The Morgan fingerprint density at radius 1 is 0.897 bits per heavy atom. The number of hydrogen-bond donors (Lipinski definition) is 0. The van der Waals surface area contributed by atoms with Crippen LogP contribution in [-0.2, 0) is 9.59 Å². The molecule has 0 spiro atoms. The van der Waals surface area contributed by atoms with Crippen LogP contribution < -0.4 is 0 Å². The minimum absolute atomic E-state index is 0.0400. The van der Waals surface area contributed by atoms with Gasteiger partial charge < -0.3 is 9.80 Å². The Labute approximate surface area is 235 Å². The van der Waals surface area contributed by atoms with Gasteiger partial charge in [0.2, 0.25) is 11.8 Å². The predicted molar refractivity (Wildman–Crippen MR) is 156 cm³/mol. The average Bonchev–Trinajstić information content (AvgIpc) is 3.30. The van der Waals surface area contributed by atoms with Crippen LogP contribution in [0, 0.1) is 40.4 Å². The van der Waals surface area contributed by atoms with E-state index >= 15 is 0 Å². The number of fused-ring (bicyclic) bond motifs is 5. The van der Waals surface area contributed by atoms with Crippen LogP contribution in [0.1, 0.15) is 82.9 Å². The summed E-state index contributed by atoms with van der Waals surface area (Å²) in [5, 5.41) is 0. The van der Waals surface area contributed by atoms with Crippen LogP contribution in [0.2, 0.25) is 0 Å². The van der Waals surface area contributed by atoms with Crippen LogP contribution in [0.25, 0.3) is 0 Å². The summed E-state index contributed by atoms with van der Waals surface area (Å²) in [7, 11) is 4.07. The highest BCUT2D eigenvalue weighted by Gasteiger charge is 2.64. The number of benzene rings is 2. The number of hydrogen-bond acceptors (Lipinski definition) is 2. The molecule has 39 heavy (non-hydrogen) atoms. The fourth-order valence-corrected chi connectivity index (χ4v) is 10.2. The molecule has 0 N–H and O–H groups in total. The van der Waals surface area contributed by atoms with E-state index in [0.29, 0.717) is 47.9 Å². The average molecular weight is 527 g/mol. The van der Waals surface area contributed by atoms with Gasteiger partial charge in [0, 0.05) is 32.5 Å². The lowest BCUT2D eigenvalue weighted by atomic mass is 9.44. The summed E-state index contributed by atoms with van der Waals surface area (Å²) < 4.78 is 0. The molecule has 2 aromatic rings. The zero-order chi connectivity index (χ0) is 27.5. The van der Waals surface area contributed by atoms with Crippen molar-refractivity contribution in [2.45, 2.75) is 77.8 Å². The predicted octanol–water partition coefficient (Wildman–Crippen LogP) is 6.96. The number of likely N-dealkylation sites (tertiary alicyclic amines) is 1. The van der Waals surface area contributed by atoms with Crippen molar-refractivity contribution >= 4 is 11.8 Å². The van der Waals surface area contributed by atoms with E-state index in [1.807, 2.05) is 26.2 Å². The summed E-state index contributed by atoms with van der Waals surface area (Å²) in [6.45, 7) is 7.38. The van der Waals surface area contributed by atoms with Crippen molar-refractivity contribution in [3.05, 3.63) is 71.8 Å². The summed E-state index contributed by atoms with van der Waals surface area (Å²) in [6.07, 6.45) is 7.28. The van der Waals surface area contributed by atoms with Gasteiger partial charge in [-0.2, -0.15) is 0 Å². The quantitative estimate of drug-likeness (QED) is 0.432. The first-order chi connectivity index (χ1) is 18.7. The van der Waals surface area contributed by atoms with Gasteiger partial charge in [-0.1, -0.05) is 81.4 Å². The maximum absolute atomic E-state index is 14.5. The van der Waals surface area contributed by atoms with Crippen LogP contribution in [0.3, 0.4) is 0 Å². The molecular formula is C35H46N2O2. The third-order valence-corrected chi connectivity index (χ3v) is 12.2. The summed E-state index contributed by atoms with van der Waals surface area (Å²) in [5.41, 5.74) is 2.57. The number of carbonyl (C=O) groups excluding carboxylic acids is 2. The van der Waals surface area contributed by atoms with Crippen LogP contribution in [0.4, 0.5) is 0 Å². The van der Waals surface area contributed by atoms with Gasteiger partial charge in [-0.05, 0) is 84.2 Å². The molecule has 6 rings (SSSR count). The molecule has 4 heteroatoms. The van der Waals surface area contributed by atoms with E-state index in [2.05, 4.69) is 79.1 Å². The van der Waals surface area contributed by atoms with E-state index in [4.69, 9.17) is 0 Å². The largest absolute Gasteiger partial charge is 0.342 e. The van der Waals surface area contributed by atoms with Crippen LogP contribution in [0.5, 0.6) is 0 Å². The van der Waals surface area contributed by atoms with E-state index in [1.54, 1.807) is 0 Å². The van der Waals surface area contributed by atoms with E-state index in [-0.39, 0.29) is 22.8 Å². The maximum atomic E-state index is 14.5. The standard InChI is InChI=1S/C35H46N2O2/c1-23-22-29-35(3,21-19-30(38)36(29)4)27-18-20-34(2)26(31(23)27)16-17-28(34)33(39)37(5)32(24-12-8-6-9-13-24)25-14-10-7-11-15-25/h6-15,23,26-29,31-32H,16-22H2,1-5H3/t23-,26?,27?,28?,29?,31?,34-,35+/m0/s1.